The molecule has 2 aliphatic heterocycles. The quantitative estimate of drug-likeness (QED) is 0.115. The number of nitrogens with zero attached hydrogens (tertiary/aromatic N) is 5. The molecule has 2 aromatic rings. The van der Waals surface area contributed by atoms with Gasteiger partial charge in [0, 0.05) is 23.4 Å². The van der Waals surface area contributed by atoms with Crippen molar-refractivity contribution < 1.29 is 33.5 Å². The molecular weight excluding hydrogens is 595 g/mol. The Morgan fingerprint density at radius 2 is 2.07 bits per heavy atom. The fraction of sp³-hybridized carbons (Fsp3) is 0.417. The molecule has 218 valence electrons. The average molecular weight is 622 g/mol. The number of ether oxygens (including phenoxy) is 2. The smallest absolute Gasteiger partial charge is 0.358 e. The number of aromatic nitrogens is 3. The molecule has 17 heteroatoms. The Hall–Kier alpha value is -3.83. The van der Waals surface area contributed by atoms with E-state index in [4.69, 9.17) is 20.0 Å². The molecule has 2 aliphatic rings. The van der Waals surface area contributed by atoms with Crippen LogP contribution in [0.5, 0.6) is 0 Å². The molecule has 1 fully saturated rings. The zero-order valence-electron chi connectivity index (χ0n) is 22.2. The van der Waals surface area contributed by atoms with Gasteiger partial charge in [-0.15, -0.1) is 28.2 Å². The number of allylic oxidation sites excluding steroid dienone is 1. The number of anilines is 1. The first-order valence-corrected chi connectivity index (χ1v) is 15.1. The number of carbonyl (C=O) groups excluding carboxylic acids is 4. The number of amides is 2. The summed E-state index contributed by atoms with van der Waals surface area (Å²) in [6.07, 6.45) is 3.62. The van der Waals surface area contributed by atoms with Gasteiger partial charge in [-0.25, -0.2) is 9.78 Å². The zero-order chi connectivity index (χ0) is 29.5. The molecule has 41 heavy (non-hydrogen) atoms. The maximum atomic E-state index is 13.3. The van der Waals surface area contributed by atoms with Crippen LogP contribution in [0, 0.1) is 5.92 Å². The van der Waals surface area contributed by atoms with E-state index in [0.29, 0.717) is 34.3 Å². The number of oxime groups is 1. The topological polar surface area (TPSA) is 188 Å². The fourth-order valence-corrected chi connectivity index (χ4v) is 5.92. The number of nitrogens with two attached hydrogens (primary N) is 1. The molecule has 1 saturated heterocycles. The van der Waals surface area contributed by atoms with E-state index in [2.05, 4.69) is 25.0 Å². The third-order valence-electron chi connectivity index (χ3n) is 5.92. The van der Waals surface area contributed by atoms with Gasteiger partial charge in [0.15, 0.2) is 11.7 Å². The first kappa shape index (κ1) is 30.1. The first-order chi connectivity index (χ1) is 19.7. The van der Waals surface area contributed by atoms with Crippen molar-refractivity contribution in [1.82, 2.24) is 24.8 Å². The molecule has 4 heterocycles. The average Bonchev–Trinajstić information content (AvgIpc) is 3.63. The zero-order valence-corrected chi connectivity index (χ0v) is 24.7. The van der Waals surface area contributed by atoms with Crippen molar-refractivity contribution in [3.8, 4) is 0 Å². The van der Waals surface area contributed by atoms with Crippen molar-refractivity contribution in [2.75, 3.05) is 11.5 Å². The fourth-order valence-electron chi connectivity index (χ4n) is 3.64. The molecule has 0 bridgehead atoms. The summed E-state index contributed by atoms with van der Waals surface area (Å²) in [7, 11) is 0. The van der Waals surface area contributed by atoms with Gasteiger partial charge in [0.1, 0.15) is 23.3 Å². The first-order valence-electron chi connectivity index (χ1n) is 12.4. The minimum atomic E-state index is -1.18. The standard InChI is InChI=1S/C24H27N7O7S3/c1-4-12(2)22(34)37-13(3)38-23(35)19-14(5-6-15-11-41-30-29-15)9-39-21-18(20(33)31(19)21)28-17(32)7-26-36-8-16-10-40-24(25)27-16/h5-7,10-13,18,21H,4,8-9H2,1-3H3,(H2,25,27)(H,28,32)/b6-5-,26-7-. The molecule has 4 unspecified atom stereocenters. The second-order valence-electron chi connectivity index (χ2n) is 8.84. The molecule has 3 N–H and O–H groups in total. The summed E-state index contributed by atoms with van der Waals surface area (Å²) in [6.45, 7) is 5.00. The van der Waals surface area contributed by atoms with Crippen LogP contribution < -0.4 is 11.1 Å². The Morgan fingerprint density at radius 1 is 1.27 bits per heavy atom. The predicted molar refractivity (Wildman–Crippen MR) is 152 cm³/mol. The molecule has 2 amide bonds. The van der Waals surface area contributed by atoms with Crippen LogP contribution in [0.3, 0.4) is 0 Å². The third kappa shape index (κ3) is 7.47. The maximum Gasteiger partial charge on any atom is 0.358 e. The van der Waals surface area contributed by atoms with Crippen molar-refractivity contribution in [1.29, 1.82) is 0 Å². The van der Waals surface area contributed by atoms with Gasteiger partial charge < -0.3 is 25.4 Å². The summed E-state index contributed by atoms with van der Waals surface area (Å²) >= 11 is 3.78. The number of carbonyl (C=O) groups is 4. The van der Waals surface area contributed by atoms with Gasteiger partial charge in [0.25, 0.3) is 11.8 Å². The Kier molecular flexibility index (Phi) is 10.1. The number of rotatable bonds is 12. The number of fused-ring (bicyclic) bond motifs is 1. The molecule has 0 aromatic carbocycles. The van der Waals surface area contributed by atoms with Crippen LogP contribution in [0.15, 0.2) is 33.3 Å². The van der Waals surface area contributed by atoms with Crippen molar-refractivity contribution in [3.05, 3.63) is 39.5 Å². The lowest BCUT2D eigenvalue weighted by Crippen LogP contribution is -2.70. The molecular formula is C24H27N7O7S3. The number of esters is 2. The van der Waals surface area contributed by atoms with Gasteiger partial charge in [0.2, 0.25) is 6.29 Å². The van der Waals surface area contributed by atoms with E-state index >= 15 is 0 Å². The van der Waals surface area contributed by atoms with E-state index in [-0.39, 0.29) is 18.2 Å². The second-order valence-corrected chi connectivity index (χ2v) is 11.4. The monoisotopic (exact) mass is 621 g/mol. The number of nitrogens with one attached hydrogen (secondary N) is 1. The van der Waals surface area contributed by atoms with Crippen molar-refractivity contribution >= 4 is 75.8 Å². The van der Waals surface area contributed by atoms with Crippen LogP contribution in [0.25, 0.3) is 6.08 Å². The third-order valence-corrected chi connectivity index (χ3v) is 8.47. The lowest BCUT2D eigenvalue weighted by atomic mass is 10.0. The van der Waals surface area contributed by atoms with Gasteiger partial charge in [-0.05, 0) is 29.6 Å². The van der Waals surface area contributed by atoms with E-state index in [1.807, 2.05) is 6.92 Å². The highest BCUT2D eigenvalue weighted by molar-refractivity contribution is 8.00. The van der Waals surface area contributed by atoms with Crippen molar-refractivity contribution in [2.45, 2.75) is 51.5 Å². The highest BCUT2D eigenvalue weighted by Gasteiger charge is 2.54. The van der Waals surface area contributed by atoms with E-state index in [1.54, 1.807) is 29.8 Å². The Balaban J connectivity index is 1.43. The van der Waals surface area contributed by atoms with E-state index in [1.165, 1.54) is 46.5 Å². The summed E-state index contributed by atoms with van der Waals surface area (Å²) in [4.78, 5) is 61.3. The summed E-state index contributed by atoms with van der Waals surface area (Å²) < 4.78 is 14.4. The van der Waals surface area contributed by atoms with Gasteiger partial charge in [-0.1, -0.05) is 29.6 Å². The molecule has 2 aromatic heterocycles. The lowest BCUT2D eigenvalue weighted by molar-refractivity contribution is -0.186. The predicted octanol–water partition coefficient (Wildman–Crippen LogP) is 1.93. The van der Waals surface area contributed by atoms with Crippen LogP contribution in [0.4, 0.5) is 5.13 Å². The number of hydrogen-bond acceptors (Lipinski definition) is 15. The van der Waals surface area contributed by atoms with Crippen LogP contribution in [0.1, 0.15) is 38.6 Å². The number of hydrogen-bond donors (Lipinski definition) is 2. The molecule has 0 aliphatic carbocycles. The Morgan fingerprint density at radius 3 is 2.76 bits per heavy atom. The van der Waals surface area contributed by atoms with Gasteiger partial charge in [-0.2, -0.15) is 0 Å². The van der Waals surface area contributed by atoms with Crippen LogP contribution >= 0.6 is 34.6 Å². The molecule has 14 nitrogen and oxygen atoms in total. The summed E-state index contributed by atoms with van der Waals surface area (Å²) in [5, 5.41) is 13.4. The SMILES string of the molecule is CCC(C)C(=O)OC(C)OC(=O)C1=C(/C=C\c2csnn2)CSC2C(NC(=O)/C=N\OCc3csc(N)n3)C(=O)N12. The number of β-lactam (4-membered cyclic amide) rings is 1. The maximum absolute atomic E-state index is 13.3. The lowest BCUT2D eigenvalue weighted by Gasteiger charge is -2.49. The minimum Gasteiger partial charge on any atom is -0.425 e. The normalized spacial score (nSPS) is 20.0. The molecule has 0 radical (unpaired) electrons. The number of nitrogen functional groups attached to an aromatic ring is 1. The molecule has 4 atom stereocenters. The minimum absolute atomic E-state index is 0.00494. The van der Waals surface area contributed by atoms with Crippen LogP contribution in [-0.4, -0.2) is 72.9 Å². The largest absolute Gasteiger partial charge is 0.425 e. The van der Waals surface area contributed by atoms with Crippen LogP contribution in [0.2, 0.25) is 0 Å². The summed E-state index contributed by atoms with van der Waals surface area (Å²) in [5.74, 6) is -2.54. The number of thiazole rings is 1. The second kappa shape index (κ2) is 13.7. The highest BCUT2D eigenvalue weighted by atomic mass is 32.2. The number of thioether (sulfide) groups is 1. The highest BCUT2D eigenvalue weighted by Crippen LogP contribution is 2.41. The van der Waals surface area contributed by atoms with Gasteiger partial charge in [-0.3, -0.25) is 19.3 Å². The summed E-state index contributed by atoms with van der Waals surface area (Å²) in [6, 6.07) is -0.908. The summed E-state index contributed by atoms with van der Waals surface area (Å²) in [5.41, 5.74) is 7.21. The Bertz CT molecular complexity index is 1380. The molecule has 0 spiro atoms. The van der Waals surface area contributed by atoms with E-state index in [0.717, 1.165) is 6.21 Å². The molecule has 0 saturated carbocycles. The van der Waals surface area contributed by atoms with Gasteiger partial charge >= 0.3 is 11.9 Å². The molecule has 4 rings (SSSR count). The van der Waals surface area contributed by atoms with E-state index < -0.39 is 41.5 Å². The van der Waals surface area contributed by atoms with Gasteiger partial charge in [0.05, 0.1) is 17.3 Å². The van der Waals surface area contributed by atoms with E-state index in [9.17, 15) is 19.2 Å². The van der Waals surface area contributed by atoms with Crippen molar-refractivity contribution in [2.24, 2.45) is 11.1 Å². The van der Waals surface area contributed by atoms with Crippen molar-refractivity contribution in [3.63, 3.8) is 0 Å². The van der Waals surface area contributed by atoms with Crippen LogP contribution in [-0.2, 0) is 40.1 Å². The Labute approximate surface area is 247 Å².